The molecule has 0 saturated heterocycles. The van der Waals surface area contributed by atoms with Gasteiger partial charge in [-0.3, -0.25) is 0 Å². The first-order valence-electron chi connectivity index (χ1n) is 5.53. The molecular formula is C13H19BrFN. The van der Waals surface area contributed by atoms with Crippen LogP contribution in [0.15, 0.2) is 22.7 Å². The van der Waals surface area contributed by atoms with Crippen molar-refractivity contribution in [3.8, 4) is 0 Å². The molecule has 0 aliphatic rings. The summed E-state index contributed by atoms with van der Waals surface area (Å²) in [4.78, 5) is 0. The van der Waals surface area contributed by atoms with Crippen molar-refractivity contribution in [1.82, 2.24) is 5.32 Å². The molecule has 0 unspecified atom stereocenters. The minimum atomic E-state index is -0.202. The van der Waals surface area contributed by atoms with Gasteiger partial charge in [0.2, 0.25) is 0 Å². The van der Waals surface area contributed by atoms with Crippen molar-refractivity contribution in [2.24, 2.45) is 5.41 Å². The third-order valence-electron chi connectivity index (χ3n) is 2.23. The summed E-state index contributed by atoms with van der Waals surface area (Å²) in [6, 6.07) is 5.18. The lowest BCUT2D eigenvalue weighted by molar-refractivity contribution is 0.381. The second-order valence-electron chi connectivity index (χ2n) is 5.24. The van der Waals surface area contributed by atoms with Crippen LogP contribution in [0.4, 0.5) is 4.39 Å². The molecule has 0 radical (unpaired) electrons. The quantitative estimate of drug-likeness (QED) is 0.832. The van der Waals surface area contributed by atoms with E-state index in [9.17, 15) is 4.39 Å². The average Bonchev–Trinajstić information content (AvgIpc) is 2.17. The van der Waals surface area contributed by atoms with Crippen molar-refractivity contribution in [1.29, 1.82) is 0 Å². The van der Waals surface area contributed by atoms with E-state index >= 15 is 0 Å². The van der Waals surface area contributed by atoms with Gasteiger partial charge in [0, 0.05) is 6.54 Å². The van der Waals surface area contributed by atoms with Crippen molar-refractivity contribution in [2.75, 3.05) is 13.1 Å². The van der Waals surface area contributed by atoms with Gasteiger partial charge in [0.05, 0.1) is 4.47 Å². The predicted molar refractivity (Wildman–Crippen MR) is 70.1 cm³/mol. The van der Waals surface area contributed by atoms with Gasteiger partial charge in [-0.2, -0.15) is 0 Å². The van der Waals surface area contributed by atoms with Gasteiger partial charge in [-0.1, -0.05) is 26.8 Å². The van der Waals surface area contributed by atoms with Crippen molar-refractivity contribution >= 4 is 15.9 Å². The first kappa shape index (κ1) is 13.7. The van der Waals surface area contributed by atoms with Crippen LogP contribution in [0.25, 0.3) is 0 Å². The maximum atomic E-state index is 13.0. The summed E-state index contributed by atoms with van der Waals surface area (Å²) in [5.41, 5.74) is 1.46. The molecular weight excluding hydrogens is 269 g/mol. The average molecular weight is 288 g/mol. The molecule has 90 valence electrons. The molecule has 0 heterocycles. The highest BCUT2D eigenvalue weighted by molar-refractivity contribution is 9.10. The predicted octanol–water partition coefficient (Wildman–Crippen LogP) is 3.77. The van der Waals surface area contributed by atoms with Gasteiger partial charge in [0.15, 0.2) is 0 Å². The van der Waals surface area contributed by atoms with Gasteiger partial charge in [-0.25, -0.2) is 4.39 Å². The molecule has 0 saturated carbocycles. The van der Waals surface area contributed by atoms with E-state index < -0.39 is 0 Å². The van der Waals surface area contributed by atoms with Gasteiger partial charge < -0.3 is 5.32 Å². The Labute approximate surface area is 106 Å². The minimum Gasteiger partial charge on any atom is -0.316 e. The molecule has 3 heteroatoms. The van der Waals surface area contributed by atoms with Crippen LogP contribution in [0.3, 0.4) is 0 Å². The van der Waals surface area contributed by atoms with E-state index in [1.54, 1.807) is 0 Å². The SMILES string of the molecule is CC(C)(C)CNCCc1ccc(F)c(Br)c1. The standard InChI is InChI=1S/C13H19BrFN/c1-13(2,3)9-16-7-6-10-4-5-12(15)11(14)8-10/h4-5,8,16H,6-7,9H2,1-3H3. The largest absolute Gasteiger partial charge is 0.316 e. The Bertz CT molecular complexity index is 344. The molecule has 0 aromatic heterocycles. The third kappa shape index (κ3) is 5.08. The molecule has 0 spiro atoms. The van der Waals surface area contributed by atoms with Crippen LogP contribution in [0.5, 0.6) is 0 Å². The lowest BCUT2D eigenvalue weighted by Gasteiger charge is -2.18. The highest BCUT2D eigenvalue weighted by atomic mass is 79.9. The summed E-state index contributed by atoms with van der Waals surface area (Å²) in [5.74, 6) is -0.202. The Morgan fingerprint density at radius 1 is 1.31 bits per heavy atom. The highest BCUT2D eigenvalue weighted by Crippen LogP contribution is 2.17. The highest BCUT2D eigenvalue weighted by Gasteiger charge is 2.08. The number of nitrogens with one attached hydrogen (secondary N) is 1. The maximum Gasteiger partial charge on any atom is 0.137 e. The van der Waals surface area contributed by atoms with Crippen LogP contribution in [0, 0.1) is 11.2 Å². The summed E-state index contributed by atoms with van der Waals surface area (Å²) in [5, 5.41) is 3.40. The Hall–Kier alpha value is -0.410. The topological polar surface area (TPSA) is 12.0 Å². The normalized spacial score (nSPS) is 11.8. The zero-order chi connectivity index (χ0) is 12.2. The van der Waals surface area contributed by atoms with E-state index in [4.69, 9.17) is 0 Å². The molecule has 0 aliphatic carbocycles. The fourth-order valence-corrected chi connectivity index (χ4v) is 1.82. The van der Waals surface area contributed by atoms with Gasteiger partial charge in [0.25, 0.3) is 0 Å². The summed E-state index contributed by atoms with van der Waals surface area (Å²) in [6.45, 7) is 8.53. The molecule has 0 fully saturated rings. The van der Waals surface area contributed by atoms with Crippen LogP contribution in [0.2, 0.25) is 0 Å². The molecule has 1 aromatic rings. The second-order valence-corrected chi connectivity index (χ2v) is 6.09. The Morgan fingerprint density at radius 3 is 2.56 bits per heavy atom. The van der Waals surface area contributed by atoms with Crippen molar-refractivity contribution in [3.05, 3.63) is 34.1 Å². The van der Waals surface area contributed by atoms with E-state index in [1.165, 1.54) is 6.07 Å². The van der Waals surface area contributed by atoms with Crippen molar-refractivity contribution in [2.45, 2.75) is 27.2 Å². The van der Waals surface area contributed by atoms with Crippen LogP contribution in [0.1, 0.15) is 26.3 Å². The van der Waals surface area contributed by atoms with Crippen LogP contribution in [-0.4, -0.2) is 13.1 Å². The molecule has 0 aliphatic heterocycles. The van der Waals surface area contributed by atoms with E-state index in [0.29, 0.717) is 9.89 Å². The molecule has 1 aromatic carbocycles. The van der Waals surface area contributed by atoms with E-state index in [1.807, 2.05) is 12.1 Å². The Morgan fingerprint density at radius 2 is 2.00 bits per heavy atom. The molecule has 0 atom stereocenters. The summed E-state index contributed by atoms with van der Waals surface area (Å²) in [7, 11) is 0. The number of rotatable bonds is 4. The Balaban J connectivity index is 2.35. The Kier molecular flexibility index (Phi) is 4.93. The summed E-state index contributed by atoms with van der Waals surface area (Å²) < 4.78 is 13.5. The fourth-order valence-electron chi connectivity index (χ4n) is 1.39. The summed E-state index contributed by atoms with van der Waals surface area (Å²) in [6.07, 6.45) is 0.926. The van der Waals surface area contributed by atoms with Gasteiger partial charge in [-0.05, 0) is 52.0 Å². The fraction of sp³-hybridized carbons (Fsp3) is 0.538. The first-order chi connectivity index (χ1) is 7.38. The van der Waals surface area contributed by atoms with Gasteiger partial charge >= 0.3 is 0 Å². The van der Waals surface area contributed by atoms with Crippen molar-refractivity contribution < 1.29 is 4.39 Å². The van der Waals surface area contributed by atoms with E-state index in [-0.39, 0.29) is 5.82 Å². The molecule has 0 amide bonds. The zero-order valence-corrected chi connectivity index (χ0v) is 11.7. The second kappa shape index (κ2) is 5.78. The smallest absolute Gasteiger partial charge is 0.137 e. The molecule has 16 heavy (non-hydrogen) atoms. The molecule has 1 rings (SSSR count). The number of halogens is 2. The molecule has 0 bridgehead atoms. The monoisotopic (exact) mass is 287 g/mol. The van der Waals surface area contributed by atoms with Crippen molar-refractivity contribution in [3.63, 3.8) is 0 Å². The lowest BCUT2D eigenvalue weighted by Crippen LogP contribution is -2.28. The number of hydrogen-bond acceptors (Lipinski definition) is 1. The molecule has 1 N–H and O–H groups in total. The van der Waals surface area contributed by atoms with Crippen LogP contribution < -0.4 is 5.32 Å². The first-order valence-corrected chi connectivity index (χ1v) is 6.32. The van der Waals surface area contributed by atoms with Gasteiger partial charge in [-0.15, -0.1) is 0 Å². The minimum absolute atomic E-state index is 0.202. The van der Waals surface area contributed by atoms with Gasteiger partial charge in [0.1, 0.15) is 5.82 Å². The van der Waals surface area contributed by atoms with Crippen LogP contribution in [-0.2, 0) is 6.42 Å². The number of hydrogen-bond donors (Lipinski definition) is 1. The zero-order valence-electron chi connectivity index (χ0n) is 10.1. The van der Waals surface area contributed by atoms with Crippen LogP contribution >= 0.6 is 15.9 Å². The molecule has 1 nitrogen and oxygen atoms in total. The van der Waals surface area contributed by atoms with E-state index in [0.717, 1.165) is 25.1 Å². The third-order valence-corrected chi connectivity index (χ3v) is 2.84. The van der Waals surface area contributed by atoms with E-state index in [2.05, 4.69) is 42.0 Å². The number of benzene rings is 1. The maximum absolute atomic E-state index is 13.0. The lowest BCUT2D eigenvalue weighted by atomic mass is 9.97. The summed E-state index contributed by atoms with van der Waals surface area (Å²) >= 11 is 3.19.